The zero-order valence-electron chi connectivity index (χ0n) is 18.6. The molecule has 0 nitrogen and oxygen atoms in total. The predicted octanol–water partition coefficient (Wildman–Crippen LogP) is 8.08. The molecule has 0 heteroatoms. The lowest BCUT2D eigenvalue weighted by Gasteiger charge is -2.11. The van der Waals surface area contributed by atoms with Crippen LogP contribution in [-0.4, -0.2) is 0 Å². The minimum absolute atomic E-state index is 1.06. The summed E-state index contributed by atoms with van der Waals surface area (Å²) in [5.41, 5.74) is 2.20. The van der Waals surface area contributed by atoms with Crippen molar-refractivity contribution in [3.8, 4) is 11.8 Å². The van der Waals surface area contributed by atoms with E-state index < -0.39 is 0 Å². The van der Waals surface area contributed by atoms with Crippen LogP contribution in [0.1, 0.15) is 11.1 Å². The number of hydrogen-bond donors (Lipinski definition) is 0. The number of benzene rings is 7. The highest BCUT2D eigenvalue weighted by Gasteiger charge is 2.10. The summed E-state index contributed by atoms with van der Waals surface area (Å²) >= 11 is 0. The second kappa shape index (κ2) is 7.20. The lowest BCUT2D eigenvalue weighted by atomic mass is 9.92. The molecule has 0 radical (unpaired) electrons. The summed E-state index contributed by atoms with van der Waals surface area (Å²) in [7, 11) is 0. The maximum Gasteiger partial charge on any atom is 0.0327 e. The van der Waals surface area contributed by atoms with Gasteiger partial charge in [-0.15, -0.1) is 0 Å². The van der Waals surface area contributed by atoms with Gasteiger partial charge in [0, 0.05) is 5.56 Å². The Balaban J connectivity index is 1.47. The molecule has 0 amide bonds. The van der Waals surface area contributed by atoms with Gasteiger partial charge in [-0.2, -0.15) is 0 Å². The molecule has 34 heavy (non-hydrogen) atoms. The highest BCUT2D eigenvalue weighted by molar-refractivity contribution is 6.24. The molecule has 0 saturated carbocycles. The molecule has 0 atom stereocenters. The fraction of sp³-hybridized carbons (Fsp3) is 0. The smallest absolute Gasteiger partial charge is 0.0327 e. The third-order valence-electron chi connectivity index (χ3n) is 7.02. The first kappa shape index (κ1) is 18.9. The van der Waals surface area contributed by atoms with Crippen molar-refractivity contribution in [3.05, 3.63) is 120 Å². The average Bonchev–Trinajstić information content (AvgIpc) is 2.89. The number of rotatable bonds is 1. The van der Waals surface area contributed by atoms with Crippen LogP contribution in [0.3, 0.4) is 0 Å². The standard InChI is InChI=1S/C34H20/c1-2-22-12-14-25-8-4-9-26-17-16-24(31(22)32(25)26)7-3-6-23-13-15-29-19-18-27-10-5-11-28-20-21-30(23)34(29)33(27)28/h2,4-5,7-21H,1H2/b24-7+. The molecule has 0 spiro atoms. The van der Waals surface area contributed by atoms with Gasteiger partial charge in [0.2, 0.25) is 0 Å². The minimum atomic E-state index is 1.06. The van der Waals surface area contributed by atoms with Crippen LogP contribution < -0.4 is 5.22 Å². The highest BCUT2D eigenvalue weighted by atomic mass is 14.1. The predicted molar refractivity (Wildman–Crippen MR) is 148 cm³/mol. The molecule has 0 aliphatic heterocycles. The van der Waals surface area contributed by atoms with E-state index in [1.54, 1.807) is 0 Å². The minimum Gasteiger partial charge on any atom is -0.0984 e. The molecule has 0 saturated heterocycles. The zero-order valence-corrected chi connectivity index (χ0v) is 18.6. The molecule has 0 aliphatic rings. The molecule has 156 valence electrons. The van der Waals surface area contributed by atoms with Crippen molar-refractivity contribution in [1.29, 1.82) is 0 Å². The molecule has 0 fully saturated rings. The van der Waals surface area contributed by atoms with Crippen LogP contribution in [0.4, 0.5) is 0 Å². The van der Waals surface area contributed by atoms with Crippen LogP contribution >= 0.6 is 0 Å². The van der Waals surface area contributed by atoms with Crippen LogP contribution in [0.2, 0.25) is 0 Å². The Morgan fingerprint density at radius 2 is 1.09 bits per heavy atom. The molecule has 0 bridgehead atoms. The third kappa shape index (κ3) is 2.68. The molecule has 7 aromatic rings. The first-order chi connectivity index (χ1) is 16.8. The van der Waals surface area contributed by atoms with E-state index in [1.165, 1.54) is 53.9 Å². The van der Waals surface area contributed by atoms with Crippen LogP contribution in [-0.2, 0) is 0 Å². The van der Waals surface area contributed by atoms with Crippen molar-refractivity contribution < 1.29 is 0 Å². The molecule has 7 aromatic carbocycles. The summed E-state index contributed by atoms with van der Waals surface area (Å²) in [4.78, 5) is 0. The van der Waals surface area contributed by atoms with E-state index in [1.807, 2.05) is 12.2 Å². The second-order valence-electron chi connectivity index (χ2n) is 8.85. The van der Waals surface area contributed by atoms with Gasteiger partial charge in [0.05, 0.1) is 0 Å². The van der Waals surface area contributed by atoms with Gasteiger partial charge in [-0.05, 0) is 76.8 Å². The monoisotopic (exact) mass is 428 g/mol. The van der Waals surface area contributed by atoms with Crippen LogP contribution in [0.5, 0.6) is 0 Å². The van der Waals surface area contributed by atoms with E-state index in [-0.39, 0.29) is 0 Å². The first-order valence-electron chi connectivity index (χ1n) is 11.6. The third-order valence-corrected chi connectivity index (χ3v) is 7.02. The molecule has 0 aromatic heterocycles. The Morgan fingerprint density at radius 1 is 0.529 bits per heavy atom. The quantitative estimate of drug-likeness (QED) is 0.183. The van der Waals surface area contributed by atoms with Crippen LogP contribution in [0.25, 0.3) is 66.0 Å². The van der Waals surface area contributed by atoms with Crippen molar-refractivity contribution >= 4 is 66.0 Å². The maximum absolute atomic E-state index is 4.05. The Kier molecular flexibility index (Phi) is 4.01. The molecule has 0 heterocycles. The van der Waals surface area contributed by atoms with Crippen molar-refractivity contribution in [1.82, 2.24) is 0 Å². The van der Waals surface area contributed by atoms with Crippen molar-refractivity contribution in [3.63, 3.8) is 0 Å². The lowest BCUT2D eigenvalue weighted by molar-refractivity contribution is 1.68. The average molecular weight is 429 g/mol. The van der Waals surface area contributed by atoms with E-state index >= 15 is 0 Å². The molecular formula is C34H20. The van der Waals surface area contributed by atoms with Gasteiger partial charge in [0.1, 0.15) is 0 Å². The van der Waals surface area contributed by atoms with Crippen molar-refractivity contribution in [2.45, 2.75) is 0 Å². The summed E-state index contributed by atoms with van der Waals surface area (Å²) in [6.45, 7) is 4.05. The number of hydrogen-bond acceptors (Lipinski definition) is 0. The van der Waals surface area contributed by atoms with Gasteiger partial charge in [-0.3, -0.25) is 0 Å². The summed E-state index contributed by atoms with van der Waals surface area (Å²) in [6, 6.07) is 34.8. The summed E-state index contributed by atoms with van der Waals surface area (Å²) in [5, 5.41) is 13.8. The van der Waals surface area contributed by atoms with E-state index in [4.69, 9.17) is 0 Å². The van der Waals surface area contributed by atoms with Crippen molar-refractivity contribution in [2.75, 3.05) is 0 Å². The largest absolute Gasteiger partial charge is 0.0984 e. The van der Waals surface area contributed by atoms with Gasteiger partial charge in [0.15, 0.2) is 0 Å². The van der Waals surface area contributed by atoms with E-state index in [0.717, 1.165) is 16.3 Å². The fourth-order valence-corrected chi connectivity index (χ4v) is 5.46. The summed E-state index contributed by atoms with van der Waals surface area (Å²) in [6.07, 6.45) is 3.99. The SMILES string of the molecule is C=Cc1ccc2cccc3cc/c(=C\C#Cc4ccc5ccc6cccc7ccc4c5c67)c1c23. The van der Waals surface area contributed by atoms with Gasteiger partial charge in [-0.1, -0.05) is 115 Å². The van der Waals surface area contributed by atoms with Crippen LogP contribution in [0, 0.1) is 11.8 Å². The summed E-state index contributed by atoms with van der Waals surface area (Å²) < 4.78 is 0. The molecule has 0 aliphatic carbocycles. The van der Waals surface area contributed by atoms with Gasteiger partial charge < -0.3 is 0 Å². The molecule has 0 unspecified atom stereocenters. The normalized spacial score (nSPS) is 12.2. The van der Waals surface area contributed by atoms with E-state index in [0.29, 0.717) is 0 Å². The molecular weight excluding hydrogens is 408 g/mol. The topological polar surface area (TPSA) is 0 Å². The molecule has 0 N–H and O–H groups in total. The zero-order chi connectivity index (χ0) is 22.6. The maximum atomic E-state index is 4.05. The Labute approximate surface area is 197 Å². The highest BCUT2D eigenvalue weighted by Crippen LogP contribution is 2.35. The molecule has 7 rings (SSSR count). The van der Waals surface area contributed by atoms with Gasteiger partial charge in [-0.25, -0.2) is 0 Å². The second-order valence-corrected chi connectivity index (χ2v) is 8.85. The van der Waals surface area contributed by atoms with Crippen molar-refractivity contribution in [2.24, 2.45) is 0 Å². The Bertz CT molecular complexity index is 1990. The first-order valence-corrected chi connectivity index (χ1v) is 11.6. The summed E-state index contributed by atoms with van der Waals surface area (Å²) in [5.74, 6) is 6.83. The van der Waals surface area contributed by atoms with E-state index in [9.17, 15) is 0 Å². The van der Waals surface area contributed by atoms with Gasteiger partial charge >= 0.3 is 0 Å². The Hall–Kier alpha value is -4.60. The fourth-order valence-electron chi connectivity index (χ4n) is 5.46. The van der Waals surface area contributed by atoms with E-state index in [2.05, 4.69) is 115 Å². The lowest BCUT2D eigenvalue weighted by Crippen LogP contribution is -2.03. The van der Waals surface area contributed by atoms with Crippen LogP contribution in [0.15, 0.2) is 104 Å². The Morgan fingerprint density at radius 3 is 1.79 bits per heavy atom. The van der Waals surface area contributed by atoms with Gasteiger partial charge in [0.25, 0.3) is 0 Å².